The van der Waals surface area contributed by atoms with E-state index in [1.165, 1.54) is 22.6 Å². The van der Waals surface area contributed by atoms with Gasteiger partial charge < -0.3 is 57.7 Å². The summed E-state index contributed by atoms with van der Waals surface area (Å²) in [6.07, 6.45) is -0.0303. The number of rotatable bonds is 12. The zero-order valence-corrected chi connectivity index (χ0v) is 37.7. The number of piperidine rings is 1. The Balaban J connectivity index is 1.64. The third kappa shape index (κ3) is 15.0. The van der Waals surface area contributed by atoms with E-state index in [1.54, 1.807) is 38.1 Å². The zero-order chi connectivity index (χ0) is 46.2. The average Bonchev–Trinajstić information content (AvgIpc) is 3.74. The molecule has 1 aromatic carbocycles. The fourth-order valence-corrected chi connectivity index (χ4v) is 9.46. The highest BCUT2D eigenvalue weighted by atomic mass is 33.1. The van der Waals surface area contributed by atoms with Gasteiger partial charge in [-0.1, -0.05) is 54.0 Å². The van der Waals surface area contributed by atoms with E-state index >= 15 is 0 Å². The third-order valence-corrected chi connectivity index (χ3v) is 13.4. The zero-order valence-electron chi connectivity index (χ0n) is 36.1. The number of nitrogens with zero attached hydrogens (tertiary/aromatic N) is 1. The lowest BCUT2D eigenvalue weighted by Crippen LogP contribution is -2.63. The van der Waals surface area contributed by atoms with Crippen LogP contribution in [0.15, 0.2) is 24.3 Å². The topological polar surface area (TPSA) is 297 Å². The summed E-state index contributed by atoms with van der Waals surface area (Å²) in [5.41, 5.74) is 6.17. The molecule has 63 heavy (non-hydrogen) atoms. The lowest BCUT2D eigenvalue weighted by molar-refractivity contribution is -0.142. The van der Waals surface area contributed by atoms with E-state index in [-0.39, 0.29) is 36.8 Å². The Morgan fingerprint density at radius 2 is 1.54 bits per heavy atom. The number of nitrogens with one attached hydrogen (secondary N) is 7. The molecule has 0 bridgehead atoms. The fourth-order valence-electron chi connectivity index (χ4n) is 7.31. The number of primary amides is 1. The Hall–Kier alpha value is -5.09. The predicted molar refractivity (Wildman–Crippen MR) is 234 cm³/mol. The molecule has 3 fully saturated rings. The summed E-state index contributed by atoms with van der Waals surface area (Å²) in [5.74, 6) is -6.30. The fraction of sp³-hybridized carbons (Fsp3) is 0.634. The minimum Gasteiger partial charge on any atom is -0.494 e. The molecule has 3 aliphatic heterocycles. The maximum Gasteiger partial charge on any atom is 0.246 e. The SMILES string of the molecule is CCOc1ccc(C[C@H]2NC(=O)CCSSC[C@@H](C(=O)N3CCC[C@H]3C(=O)N[C@@H]3CCCNC3=O)NC(=O)[C@H](CC(N)=O)NC(=O)[C@H]([C@@H](C)O)NC(=O)[C@H]([C@@H](C)CC)NC2=O)cc1. The maximum atomic E-state index is 14.3. The quantitative estimate of drug-likeness (QED) is 0.108. The molecule has 0 saturated carbocycles. The molecule has 3 heterocycles. The second-order valence-corrected chi connectivity index (χ2v) is 18.5. The Morgan fingerprint density at radius 1 is 0.857 bits per heavy atom. The molecule has 348 valence electrons. The molecule has 3 saturated heterocycles. The monoisotopic (exact) mass is 919 g/mol. The summed E-state index contributed by atoms with van der Waals surface area (Å²) in [4.78, 5) is 123. The summed E-state index contributed by atoms with van der Waals surface area (Å²) < 4.78 is 5.53. The van der Waals surface area contributed by atoms with Crippen molar-refractivity contribution < 1.29 is 53.0 Å². The number of amides is 9. The second kappa shape index (κ2) is 24.7. The molecule has 10 N–H and O–H groups in total. The van der Waals surface area contributed by atoms with E-state index in [2.05, 4.69) is 37.2 Å². The predicted octanol–water partition coefficient (Wildman–Crippen LogP) is -1.47. The van der Waals surface area contributed by atoms with Crippen LogP contribution in [0.5, 0.6) is 5.75 Å². The molecule has 9 amide bonds. The van der Waals surface area contributed by atoms with Crippen molar-refractivity contribution in [2.45, 2.75) is 127 Å². The van der Waals surface area contributed by atoms with Gasteiger partial charge in [0.15, 0.2) is 0 Å². The van der Waals surface area contributed by atoms with Gasteiger partial charge in [0.2, 0.25) is 53.2 Å². The summed E-state index contributed by atoms with van der Waals surface area (Å²) in [6, 6.07) is -1.81. The highest BCUT2D eigenvalue weighted by molar-refractivity contribution is 8.76. The van der Waals surface area contributed by atoms with Crippen molar-refractivity contribution in [2.75, 3.05) is 31.2 Å². The van der Waals surface area contributed by atoms with Crippen LogP contribution in [0.2, 0.25) is 0 Å². The van der Waals surface area contributed by atoms with Gasteiger partial charge in [-0.3, -0.25) is 43.2 Å². The average molecular weight is 920 g/mol. The number of ether oxygens (including phenoxy) is 1. The standard InChI is InChI=1S/C41H61N9O11S2/c1-5-22(3)33-39(58)49-34(23(4)51)40(59)46-28(20-31(42)52)36(55)47-29(41(60)50-17-8-10-30(50)38(57)45-26-9-7-16-43-35(26)54)21-63-62-18-15-32(53)44-27(37(56)48-33)19-24-11-13-25(14-12-24)61-6-2/h11-14,22-23,26-30,33-34,51H,5-10,15-21H2,1-4H3,(H2,42,52)(H,43,54)(H,44,53)(H,45,57)(H,46,59)(H,47,55)(H,48,56)(H,49,58)/t22-,23+,26+,27+,28-,29-,30-,33-,34-/m0/s1. The van der Waals surface area contributed by atoms with Crippen LogP contribution < -0.4 is 47.7 Å². The first-order valence-corrected chi connectivity index (χ1v) is 23.8. The van der Waals surface area contributed by atoms with Gasteiger partial charge in [-0.15, -0.1) is 0 Å². The summed E-state index contributed by atoms with van der Waals surface area (Å²) in [7, 11) is 2.35. The van der Waals surface area contributed by atoms with E-state index in [0.29, 0.717) is 56.6 Å². The van der Waals surface area contributed by atoms with Crippen LogP contribution in [0.4, 0.5) is 0 Å². The van der Waals surface area contributed by atoms with Crippen LogP contribution in [0.3, 0.4) is 0 Å². The number of hydrogen-bond donors (Lipinski definition) is 9. The molecule has 9 atom stereocenters. The first-order chi connectivity index (χ1) is 30.0. The Labute approximate surface area is 374 Å². The van der Waals surface area contributed by atoms with Crippen LogP contribution in [-0.4, -0.2) is 143 Å². The Kier molecular flexibility index (Phi) is 19.8. The van der Waals surface area contributed by atoms with Gasteiger partial charge in [0.05, 0.1) is 19.1 Å². The van der Waals surface area contributed by atoms with Crippen molar-refractivity contribution in [1.29, 1.82) is 0 Å². The van der Waals surface area contributed by atoms with E-state index in [0.717, 1.165) is 10.8 Å². The van der Waals surface area contributed by atoms with Gasteiger partial charge in [-0.2, -0.15) is 0 Å². The molecule has 3 aliphatic rings. The van der Waals surface area contributed by atoms with E-state index in [1.807, 2.05) is 6.92 Å². The van der Waals surface area contributed by atoms with Crippen LogP contribution in [0.1, 0.15) is 78.2 Å². The molecule has 0 unspecified atom stereocenters. The highest BCUT2D eigenvalue weighted by Crippen LogP contribution is 2.26. The van der Waals surface area contributed by atoms with Gasteiger partial charge in [0, 0.05) is 37.4 Å². The van der Waals surface area contributed by atoms with E-state index < -0.39 is 108 Å². The van der Waals surface area contributed by atoms with Gasteiger partial charge in [-0.25, -0.2) is 0 Å². The largest absolute Gasteiger partial charge is 0.494 e. The molecule has 0 aromatic heterocycles. The molecule has 1 aromatic rings. The lowest BCUT2D eigenvalue weighted by atomic mass is 9.96. The van der Waals surface area contributed by atoms with Crippen molar-refractivity contribution in [3.8, 4) is 5.75 Å². The number of aliphatic hydroxyl groups excluding tert-OH is 1. The first-order valence-electron chi connectivity index (χ1n) is 21.3. The van der Waals surface area contributed by atoms with Crippen molar-refractivity contribution in [2.24, 2.45) is 11.7 Å². The maximum absolute atomic E-state index is 14.3. The van der Waals surface area contributed by atoms with Crippen LogP contribution in [0, 0.1) is 5.92 Å². The van der Waals surface area contributed by atoms with Gasteiger partial charge in [0.1, 0.15) is 48.0 Å². The normalized spacial score (nSPS) is 26.9. The number of nitrogens with two attached hydrogens (primary N) is 1. The molecule has 22 heteroatoms. The minimum atomic E-state index is -1.70. The lowest BCUT2D eigenvalue weighted by Gasteiger charge is -2.31. The van der Waals surface area contributed by atoms with Crippen molar-refractivity contribution in [3.05, 3.63) is 29.8 Å². The molecule has 0 aliphatic carbocycles. The molecular weight excluding hydrogens is 859 g/mol. The van der Waals surface area contributed by atoms with Gasteiger partial charge in [-0.05, 0) is 63.1 Å². The number of carbonyl (C=O) groups is 9. The van der Waals surface area contributed by atoms with Crippen LogP contribution in [-0.2, 0) is 49.6 Å². The Morgan fingerprint density at radius 3 is 2.19 bits per heavy atom. The number of hydrogen-bond acceptors (Lipinski definition) is 13. The van der Waals surface area contributed by atoms with E-state index in [9.17, 15) is 48.3 Å². The Bertz CT molecular complexity index is 1820. The summed E-state index contributed by atoms with van der Waals surface area (Å²) >= 11 is 0. The third-order valence-electron chi connectivity index (χ3n) is 11.0. The van der Waals surface area contributed by atoms with Crippen LogP contribution in [0.25, 0.3) is 0 Å². The number of carbonyl (C=O) groups excluding carboxylic acids is 9. The highest BCUT2D eigenvalue weighted by Gasteiger charge is 2.41. The van der Waals surface area contributed by atoms with Crippen molar-refractivity contribution in [1.82, 2.24) is 42.1 Å². The summed E-state index contributed by atoms with van der Waals surface area (Å²) in [6.45, 7) is 7.67. The first kappa shape index (κ1) is 50.6. The number of aliphatic hydroxyl groups is 1. The summed E-state index contributed by atoms with van der Waals surface area (Å²) in [5, 5.41) is 29.2. The number of benzene rings is 1. The van der Waals surface area contributed by atoms with Crippen LogP contribution >= 0.6 is 21.6 Å². The molecule has 4 rings (SSSR count). The van der Waals surface area contributed by atoms with Gasteiger partial charge in [0.25, 0.3) is 0 Å². The smallest absolute Gasteiger partial charge is 0.246 e. The second-order valence-electron chi connectivity index (χ2n) is 15.8. The van der Waals surface area contributed by atoms with Crippen molar-refractivity contribution >= 4 is 74.8 Å². The molecule has 0 spiro atoms. The van der Waals surface area contributed by atoms with E-state index in [4.69, 9.17) is 10.5 Å². The molecule has 20 nitrogen and oxygen atoms in total. The van der Waals surface area contributed by atoms with Crippen molar-refractivity contribution in [3.63, 3.8) is 0 Å². The molecular formula is C41H61N9O11S2. The number of likely N-dealkylation sites (tertiary alicyclic amines) is 1. The molecule has 0 radical (unpaired) electrons. The van der Waals surface area contributed by atoms with Gasteiger partial charge >= 0.3 is 0 Å². The minimum absolute atomic E-state index is 0.0491.